The number of rotatable bonds is 0. The summed E-state index contributed by atoms with van der Waals surface area (Å²) in [4.78, 5) is 0. The molecule has 0 spiro atoms. The first-order valence-corrected chi connectivity index (χ1v) is 7.06. The lowest BCUT2D eigenvalue weighted by atomic mass is 10.1. The lowest BCUT2D eigenvalue weighted by Crippen LogP contribution is -1.97. The highest BCUT2D eigenvalue weighted by Crippen LogP contribution is 2.25. The van der Waals surface area contributed by atoms with Crippen LogP contribution in [0.2, 0.25) is 0 Å². The van der Waals surface area contributed by atoms with Gasteiger partial charge in [0.05, 0.1) is 0 Å². The van der Waals surface area contributed by atoms with Gasteiger partial charge >= 0.3 is 0 Å². The van der Waals surface area contributed by atoms with Crippen molar-refractivity contribution in [2.24, 2.45) is 0 Å². The van der Waals surface area contributed by atoms with Crippen LogP contribution in [-0.2, 0) is 0 Å². The molecule has 0 aromatic rings. The number of hydrogen-bond acceptors (Lipinski definition) is 0. The van der Waals surface area contributed by atoms with E-state index in [1.54, 1.807) is 0 Å². The highest BCUT2D eigenvalue weighted by atomic mass is 127. The zero-order valence-corrected chi connectivity index (χ0v) is 11.2. The Bertz CT molecular complexity index is 91.7. The zero-order valence-electron chi connectivity index (χ0n) is 6.86. The summed E-state index contributed by atoms with van der Waals surface area (Å²) in [5.74, 6) is 0. The molecule has 66 valence electrons. The molecular weight excluding hydrogens is 362 g/mol. The third kappa shape index (κ3) is 4.90. The van der Waals surface area contributed by atoms with E-state index in [0.29, 0.717) is 0 Å². The molecule has 1 aliphatic carbocycles. The van der Waals surface area contributed by atoms with Gasteiger partial charge in [-0.25, -0.2) is 0 Å². The molecule has 0 aliphatic heterocycles. The summed E-state index contributed by atoms with van der Waals surface area (Å²) in [6, 6.07) is 0. The highest BCUT2D eigenvalue weighted by Gasteiger charge is 2.10. The van der Waals surface area contributed by atoms with E-state index < -0.39 is 0 Å². The Morgan fingerprint density at radius 1 is 0.636 bits per heavy atom. The SMILES string of the molecule is IC1CCCC[C@@H](I)CCC1. The van der Waals surface area contributed by atoms with Crippen molar-refractivity contribution in [2.75, 3.05) is 0 Å². The predicted octanol–water partition coefficient (Wildman–Crippen LogP) is 4.34. The topological polar surface area (TPSA) is 0 Å². The van der Waals surface area contributed by atoms with Crippen molar-refractivity contribution in [1.82, 2.24) is 0 Å². The van der Waals surface area contributed by atoms with Crippen LogP contribution in [0.4, 0.5) is 0 Å². The van der Waals surface area contributed by atoms with Gasteiger partial charge in [-0.05, 0) is 25.7 Å². The molecule has 0 bridgehead atoms. The van der Waals surface area contributed by atoms with Gasteiger partial charge < -0.3 is 0 Å². The first-order chi connectivity index (χ1) is 5.29. The van der Waals surface area contributed by atoms with Crippen molar-refractivity contribution in [3.63, 3.8) is 0 Å². The molecule has 1 fully saturated rings. The molecule has 11 heavy (non-hydrogen) atoms. The Labute approximate surface area is 97.2 Å². The second kappa shape index (κ2) is 6.00. The van der Waals surface area contributed by atoms with E-state index >= 15 is 0 Å². The normalized spacial score (nSPS) is 35.5. The number of hydrogen-bond donors (Lipinski definition) is 0. The van der Waals surface area contributed by atoms with Crippen LogP contribution in [0.1, 0.15) is 44.9 Å². The van der Waals surface area contributed by atoms with Gasteiger partial charge in [0, 0.05) is 7.85 Å². The van der Waals surface area contributed by atoms with Crippen molar-refractivity contribution in [1.29, 1.82) is 0 Å². The Morgan fingerprint density at radius 3 is 1.45 bits per heavy atom. The average molecular weight is 378 g/mol. The number of halogens is 2. The molecule has 0 nitrogen and oxygen atoms in total. The van der Waals surface area contributed by atoms with E-state index in [2.05, 4.69) is 45.2 Å². The van der Waals surface area contributed by atoms with Gasteiger partial charge in [-0.1, -0.05) is 64.4 Å². The third-order valence-electron chi connectivity index (χ3n) is 2.32. The van der Waals surface area contributed by atoms with E-state index in [4.69, 9.17) is 0 Å². The lowest BCUT2D eigenvalue weighted by molar-refractivity contribution is 0.650. The van der Waals surface area contributed by atoms with E-state index in [1.807, 2.05) is 0 Å². The molecule has 1 unspecified atom stereocenters. The monoisotopic (exact) mass is 378 g/mol. The summed E-state index contributed by atoms with van der Waals surface area (Å²) in [5, 5.41) is 0. The standard InChI is InChI=1S/C9H16I2/c10-8-4-1-2-5-9(11)7-3-6-8/h8-9H,1-7H2/t8-,9?/m1/s1. The lowest BCUT2D eigenvalue weighted by Gasteiger charge is -2.06. The Balaban J connectivity index is 2.24. The molecule has 2 heteroatoms. The fourth-order valence-corrected chi connectivity index (χ4v) is 3.34. The fourth-order valence-electron chi connectivity index (χ4n) is 1.58. The molecule has 0 N–H and O–H groups in total. The van der Waals surface area contributed by atoms with Crippen LogP contribution < -0.4 is 0 Å². The molecular formula is C9H16I2. The molecule has 0 saturated heterocycles. The van der Waals surface area contributed by atoms with Crippen molar-refractivity contribution >= 4 is 45.2 Å². The molecule has 0 aromatic carbocycles. The summed E-state index contributed by atoms with van der Waals surface area (Å²) >= 11 is 5.24. The summed E-state index contributed by atoms with van der Waals surface area (Å²) in [6.07, 6.45) is 10.2. The van der Waals surface area contributed by atoms with E-state index in [9.17, 15) is 0 Å². The van der Waals surface area contributed by atoms with Crippen LogP contribution in [0.5, 0.6) is 0 Å². The first kappa shape index (κ1) is 10.5. The van der Waals surface area contributed by atoms with Crippen LogP contribution in [0.3, 0.4) is 0 Å². The molecule has 2 atom stereocenters. The number of alkyl halides is 2. The molecule has 0 radical (unpaired) electrons. The minimum atomic E-state index is 0.967. The minimum absolute atomic E-state index is 0.967. The Morgan fingerprint density at radius 2 is 1.00 bits per heavy atom. The first-order valence-electron chi connectivity index (χ1n) is 4.57. The van der Waals surface area contributed by atoms with Crippen molar-refractivity contribution < 1.29 is 0 Å². The summed E-state index contributed by atoms with van der Waals surface area (Å²) < 4.78 is 1.93. The largest absolute Gasteiger partial charge is 0.0826 e. The Hall–Kier alpha value is 1.46. The van der Waals surface area contributed by atoms with Gasteiger partial charge in [0.1, 0.15) is 0 Å². The third-order valence-corrected chi connectivity index (χ3v) is 4.81. The van der Waals surface area contributed by atoms with Gasteiger partial charge in [-0.3, -0.25) is 0 Å². The molecule has 0 aromatic heterocycles. The van der Waals surface area contributed by atoms with Crippen LogP contribution in [0.15, 0.2) is 0 Å². The van der Waals surface area contributed by atoms with Gasteiger partial charge in [0.25, 0.3) is 0 Å². The van der Waals surface area contributed by atoms with Crippen LogP contribution in [-0.4, -0.2) is 7.85 Å². The van der Waals surface area contributed by atoms with E-state index in [1.165, 1.54) is 44.9 Å². The minimum Gasteiger partial charge on any atom is -0.0826 e. The van der Waals surface area contributed by atoms with Gasteiger partial charge in [0.2, 0.25) is 0 Å². The van der Waals surface area contributed by atoms with E-state index in [0.717, 1.165) is 7.85 Å². The van der Waals surface area contributed by atoms with Crippen molar-refractivity contribution in [3.05, 3.63) is 0 Å². The summed E-state index contributed by atoms with van der Waals surface area (Å²) in [7, 11) is 0. The van der Waals surface area contributed by atoms with Gasteiger partial charge in [-0.2, -0.15) is 0 Å². The van der Waals surface area contributed by atoms with E-state index in [-0.39, 0.29) is 0 Å². The molecule has 0 heterocycles. The van der Waals surface area contributed by atoms with Crippen LogP contribution in [0.25, 0.3) is 0 Å². The van der Waals surface area contributed by atoms with Crippen molar-refractivity contribution in [3.8, 4) is 0 Å². The molecule has 1 aliphatic rings. The smallest absolute Gasteiger partial charge is 0.0110 e. The average Bonchev–Trinajstić information content (AvgIpc) is 2.04. The fraction of sp³-hybridized carbons (Fsp3) is 1.00. The van der Waals surface area contributed by atoms with Gasteiger partial charge in [-0.15, -0.1) is 0 Å². The van der Waals surface area contributed by atoms with Crippen LogP contribution in [0, 0.1) is 0 Å². The quantitative estimate of drug-likeness (QED) is 0.435. The summed E-state index contributed by atoms with van der Waals surface area (Å²) in [6.45, 7) is 0. The van der Waals surface area contributed by atoms with Crippen molar-refractivity contribution in [2.45, 2.75) is 52.8 Å². The second-order valence-corrected chi connectivity index (χ2v) is 6.93. The second-order valence-electron chi connectivity index (χ2n) is 3.41. The maximum atomic E-state index is 2.62. The zero-order chi connectivity index (χ0) is 8.10. The molecule has 0 amide bonds. The Kier molecular flexibility index (Phi) is 5.75. The summed E-state index contributed by atoms with van der Waals surface area (Å²) in [5.41, 5.74) is 0. The molecule has 1 rings (SSSR count). The maximum Gasteiger partial charge on any atom is 0.0110 e. The highest BCUT2D eigenvalue weighted by molar-refractivity contribution is 14.1. The van der Waals surface area contributed by atoms with Gasteiger partial charge in [0.15, 0.2) is 0 Å². The predicted molar refractivity (Wildman–Crippen MR) is 67.9 cm³/mol. The maximum absolute atomic E-state index is 2.62. The molecule has 1 saturated carbocycles. The van der Waals surface area contributed by atoms with Crippen LogP contribution >= 0.6 is 45.2 Å².